The number of esters is 2. The summed E-state index contributed by atoms with van der Waals surface area (Å²) in [5.41, 5.74) is 1.57. The van der Waals surface area contributed by atoms with Crippen LogP contribution in [0.1, 0.15) is 109 Å². The minimum Gasteiger partial charge on any atom is -0.497 e. The smallest absolute Gasteiger partial charge is 0.338 e. The van der Waals surface area contributed by atoms with Gasteiger partial charge in [-0.25, -0.2) is 4.79 Å². The third kappa shape index (κ3) is 9.45. The number of methoxy groups -OCH3 is 1. The molecule has 7 rings (SSSR count). The molecular formula is C47H70O14. The highest BCUT2D eigenvalue weighted by Crippen LogP contribution is 2.68. The van der Waals surface area contributed by atoms with Crippen LogP contribution in [0.3, 0.4) is 0 Å². The zero-order valence-electron chi connectivity index (χ0n) is 36.7. The molecule has 342 valence electrons. The number of fused-ring (bicyclic) bond motifs is 5. The minimum absolute atomic E-state index is 0.0569. The van der Waals surface area contributed by atoms with Crippen molar-refractivity contribution in [2.75, 3.05) is 26.9 Å². The number of ether oxygens (including phenoxy) is 7. The summed E-state index contributed by atoms with van der Waals surface area (Å²) in [7, 11) is 1.50. The Morgan fingerprint density at radius 1 is 0.869 bits per heavy atom. The Bertz CT molecular complexity index is 1690. The quantitative estimate of drug-likeness (QED) is 0.127. The molecule has 1 aromatic rings. The van der Waals surface area contributed by atoms with Gasteiger partial charge in [0.1, 0.15) is 30.2 Å². The lowest BCUT2D eigenvalue weighted by Crippen LogP contribution is -2.62. The molecule has 5 N–H and O–H groups in total. The van der Waals surface area contributed by atoms with Crippen LogP contribution in [-0.2, 0) is 33.2 Å². The van der Waals surface area contributed by atoms with Crippen molar-refractivity contribution < 1.29 is 68.3 Å². The van der Waals surface area contributed by atoms with Crippen LogP contribution in [0.15, 0.2) is 35.9 Å². The van der Waals surface area contributed by atoms with Crippen LogP contribution < -0.4 is 4.74 Å². The third-order valence-corrected chi connectivity index (χ3v) is 15.7. The Hall–Kier alpha value is -2.66. The zero-order chi connectivity index (χ0) is 43.8. The normalized spacial score (nSPS) is 41.9. The molecule has 14 nitrogen and oxygen atoms in total. The van der Waals surface area contributed by atoms with Crippen molar-refractivity contribution in [2.24, 2.45) is 46.3 Å². The predicted molar refractivity (Wildman–Crippen MR) is 221 cm³/mol. The molecule has 0 unspecified atom stereocenters. The predicted octanol–water partition coefficient (Wildman–Crippen LogP) is 4.70. The molecule has 0 aromatic heterocycles. The Kier molecular flexibility index (Phi) is 14.6. The second-order valence-electron chi connectivity index (χ2n) is 19.6. The molecule has 18 atom stereocenters. The standard InChI is InChI=1S/C47H70O14/c1-25(22-48)8-7-9-26(2)38-37(21-34-32-15-12-29-20-30(50)16-18-46(29,4)33(32)17-19-47(34,38)5)59-45-42(58-27(3)49)40(36(52)24-57-45)61-44-41(39(53)35(51)23-56-44)60-43(54)28-10-13-31(55-6)14-11-28/h10-14,25-26,30,32-42,44-45,48,50-53H,7-9,15-24H2,1-6H3/t25-,26-,30+,32-,33+,34+,35-,36+,37+,38+,39+,40+,41-,42-,44+,45+,46+,47+/m1/s1. The first-order valence-electron chi connectivity index (χ1n) is 22.7. The second-order valence-corrected chi connectivity index (χ2v) is 19.6. The molecule has 5 fully saturated rings. The molecule has 3 saturated carbocycles. The lowest BCUT2D eigenvalue weighted by atomic mass is 9.47. The summed E-state index contributed by atoms with van der Waals surface area (Å²) >= 11 is 0. The first kappa shape index (κ1) is 46.3. The maximum atomic E-state index is 13.3. The molecule has 2 heterocycles. The van der Waals surface area contributed by atoms with Crippen molar-refractivity contribution in [1.29, 1.82) is 0 Å². The number of rotatable bonds is 14. The Morgan fingerprint density at radius 3 is 2.26 bits per heavy atom. The number of aliphatic hydroxyl groups excluding tert-OH is 5. The van der Waals surface area contributed by atoms with Crippen LogP contribution >= 0.6 is 0 Å². The van der Waals surface area contributed by atoms with E-state index in [9.17, 15) is 35.1 Å². The van der Waals surface area contributed by atoms with Gasteiger partial charge in [0.15, 0.2) is 24.8 Å². The highest BCUT2D eigenvalue weighted by atomic mass is 16.7. The fraction of sp³-hybridized carbons (Fsp3) is 0.787. The second kappa shape index (κ2) is 19.2. The molecule has 0 spiro atoms. The molecule has 1 aromatic carbocycles. The van der Waals surface area contributed by atoms with Crippen LogP contribution in [0.25, 0.3) is 0 Å². The van der Waals surface area contributed by atoms with Gasteiger partial charge < -0.3 is 58.7 Å². The zero-order valence-corrected chi connectivity index (χ0v) is 36.7. The summed E-state index contributed by atoms with van der Waals surface area (Å²) in [5.74, 6) is 0.954. The lowest BCUT2D eigenvalue weighted by Gasteiger charge is -2.58. The lowest BCUT2D eigenvalue weighted by molar-refractivity contribution is -0.340. The van der Waals surface area contributed by atoms with E-state index in [4.69, 9.17) is 33.2 Å². The first-order valence-corrected chi connectivity index (χ1v) is 22.7. The van der Waals surface area contributed by atoms with Gasteiger partial charge in [-0.2, -0.15) is 0 Å². The molecule has 0 amide bonds. The van der Waals surface area contributed by atoms with Gasteiger partial charge in [0, 0.05) is 13.5 Å². The van der Waals surface area contributed by atoms with E-state index >= 15 is 0 Å². The maximum absolute atomic E-state index is 13.3. The molecule has 0 radical (unpaired) electrons. The summed E-state index contributed by atoms with van der Waals surface area (Å²) in [6, 6.07) is 6.17. The molecule has 2 aliphatic heterocycles. The molecule has 2 saturated heterocycles. The van der Waals surface area contributed by atoms with Crippen LogP contribution in [0.5, 0.6) is 5.75 Å². The van der Waals surface area contributed by atoms with Crippen molar-refractivity contribution in [3.05, 3.63) is 41.5 Å². The van der Waals surface area contributed by atoms with Gasteiger partial charge in [-0.05, 0) is 122 Å². The van der Waals surface area contributed by atoms with Gasteiger partial charge in [0.05, 0.1) is 38.1 Å². The number of hydrogen-bond donors (Lipinski definition) is 5. The van der Waals surface area contributed by atoms with Gasteiger partial charge >= 0.3 is 11.9 Å². The topological polar surface area (TPSA) is 200 Å². The molecule has 14 heteroatoms. The maximum Gasteiger partial charge on any atom is 0.338 e. The van der Waals surface area contributed by atoms with Crippen molar-refractivity contribution >= 4 is 11.9 Å². The van der Waals surface area contributed by atoms with E-state index in [1.807, 2.05) is 0 Å². The van der Waals surface area contributed by atoms with E-state index < -0.39 is 61.1 Å². The summed E-state index contributed by atoms with van der Waals surface area (Å²) in [5, 5.41) is 53.4. The van der Waals surface area contributed by atoms with Crippen molar-refractivity contribution in [2.45, 2.75) is 160 Å². The van der Waals surface area contributed by atoms with E-state index in [0.29, 0.717) is 23.5 Å². The van der Waals surface area contributed by atoms with Gasteiger partial charge in [0.2, 0.25) is 0 Å². The summed E-state index contributed by atoms with van der Waals surface area (Å²) in [6.07, 6.45) is 0.128. The fourth-order valence-corrected chi connectivity index (χ4v) is 12.5. The largest absolute Gasteiger partial charge is 0.497 e. The van der Waals surface area contributed by atoms with E-state index in [1.54, 1.807) is 12.1 Å². The third-order valence-electron chi connectivity index (χ3n) is 15.7. The number of aliphatic hydroxyl groups is 5. The van der Waals surface area contributed by atoms with Gasteiger partial charge in [0.25, 0.3) is 0 Å². The average molecular weight is 859 g/mol. The van der Waals surface area contributed by atoms with E-state index in [0.717, 1.165) is 64.2 Å². The highest BCUT2D eigenvalue weighted by Gasteiger charge is 2.63. The Morgan fingerprint density at radius 2 is 1.57 bits per heavy atom. The molecular weight excluding hydrogens is 789 g/mol. The number of benzene rings is 1. The van der Waals surface area contributed by atoms with E-state index in [2.05, 4.69) is 33.8 Å². The van der Waals surface area contributed by atoms with Gasteiger partial charge in [-0.15, -0.1) is 0 Å². The Balaban J connectivity index is 1.14. The Labute approximate surface area is 360 Å². The van der Waals surface area contributed by atoms with Gasteiger partial charge in [-0.1, -0.05) is 52.2 Å². The molecule has 6 aliphatic rings. The summed E-state index contributed by atoms with van der Waals surface area (Å²) in [4.78, 5) is 26.1. The van der Waals surface area contributed by atoms with E-state index in [1.165, 1.54) is 31.7 Å². The highest BCUT2D eigenvalue weighted by molar-refractivity contribution is 5.89. The van der Waals surface area contributed by atoms with Crippen molar-refractivity contribution in [3.8, 4) is 5.75 Å². The first-order chi connectivity index (χ1) is 29.1. The van der Waals surface area contributed by atoms with Gasteiger partial charge in [-0.3, -0.25) is 4.79 Å². The number of hydrogen-bond acceptors (Lipinski definition) is 14. The fourth-order valence-electron chi connectivity index (χ4n) is 12.5. The van der Waals surface area contributed by atoms with Crippen LogP contribution in [0.2, 0.25) is 0 Å². The summed E-state index contributed by atoms with van der Waals surface area (Å²) < 4.78 is 42.3. The van der Waals surface area contributed by atoms with Crippen LogP contribution in [0, 0.1) is 46.3 Å². The number of allylic oxidation sites excluding steroid dienone is 1. The van der Waals surface area contributed by atoms with Crippen molar-refractivity contribution in [1.82, 2.24) is 0 Å². The van der Waals surface area contributed by atoms with Crippen LogP contribution in [-0.4, -0.2) is 126 Å². The minimum atomic E-state index is -1.60. The van der Waals surface area contributed by atoms with Crippen molar-refractivity contribution in [3.63, 3.8) is 0 Å². The molecule has 61 heavy (non-hydrogen) atoms. The summed E-state index contributed by atoms with van der Waals surface area (Å²) in [6.45, 7) is 10.1. The number of carbonyl (C=O) groups is 2. The average Bonchev–Trinajstić information content (AvgIpc) is 3.54. The molecule has 4 aliphatic carbocycles. The monoisotopic (exact) mass is 858 g/mol. The molecule has 0 bridgehead atoms. The van der Waals surface area contributed by atoms with Crippen LogP contribution in [0.4, 0.5) is 0 Å². The SMILES string of the molecule is COc1ccc(C(=O)O[C@H]2[C@H](O[C@@H]3[C@@H](OC(C)=O)[C@H](O[C@H]4C[C@H]5[C@@H]6CC=C7C[C@@H](O)CC[C@]7(C)[C@H]6CC[C@]5(C)[C@H]4[C@H](C)CCC[C@@H](C)CO)OC[C@@H]3O)OC[C@@H](O)[C@@H]2O)cc1. The van der Waals surface area contributed by atoms with E-state index in [-0.39, 0.29) is 66.2 Å². The number of carbonyl (C=O) groups excluding carboxylic acids is 2.